The second kappa shape index (κ2) is 12.2. The van der Waals surface area contributed by atoms with Gasteiger partial charge in [-0.2, -0.15) is 0 Å². The van der Waals surface area contributed by atoms with Crippen LogP contribution in [0, 0.1) is 5.92 Å². The standard InChI is InChI=1S/C29H31Cl2N3O4S/c30-21-10-15-26(24(18-21)29(35)32-19-20-6-5-17-34-16-4-3-8-27(20)34)33-39(36,37)23-13-11-22(12-14-23)38-28-9-2-1-7-25(28)31/h1-2,7,9-15,18,20,27,33H,3-6,8,16-17,19H2,(H,32,35)/t20-,27+/m0/s1. The number of hydrogen-bond acceptors (Lipinski definition) is 5. The number of ether oxygens (including phenoxy) is 1. The van der Waals surface area contributed by atoms with Gasteiger partial charge in [0.05, 0.1) is 21.2 Å². The fourth-order valence-corrected chi connectivity index (χ4v) is 6.90. The van der Waals surface area contributed by atoms with Gasteiger partial charge in [0.25, 0.3) is 15.9 Å². The van der Waals surface area contributed by atoms with Gasteiger partial charge < -0.3 is 15.0 Å². The molecule has 10 heteroatoms. The van der Waals surface area contributed by atoms with Gasteiger partial charge in [0, 0.05) is 17.6 Å². The molecule has 3 aromatic rings. The van der Waals surface area contributed by atoms with Gasteiger partial charge in [0.15, 0.2) is 0 Å². The number of hydrogen-bond donors (Lipinski definition) is 2. The van der Waals surface area contributed by atoms with Crippen LogP contribution in [0.4, 0.5) is 5.69 Å². The van der Waals surface area contributed by atoms with Crippen molar-refractivity contribution in [3.8, 4) is 11.5 Å². The summed E-state index contributed by atoms with van der Waals surface area (Å²) in [5.74, 6) is 0.933. The number of halogens is 2. The monoisotopic (exact) mass is 587 g/mol. The zero-order valence-electron chi connectivity index (χ0n) is 21.4. The Morgan fingerprint density at radius 2 is 1.72 bits per heavy atom. The Balaban J connectivity index is 1.28. The van der Waals surface area contributed by atoms with E-state index in [0.717, 1.165) is 32.4 Å². The molecule has 2 saturated heterocycles. The predicted octanol–water partition coefficient (Wildman–Crippen LogP) is 6.58. The van der Waals surface area contributed by atoms with Crippen molar-refractivity contribution in [3.63, 3.8) is 0 Å². The first-order valence-electron chi connectivity index (χ1n) is 13.2. The Hall–Kier alpha value is -2.78. The highest BCUT2D eigenvalue weighted by Crippen LogP contribution is 2.32. The number of fused-ring (bicyclic) bond motifs is 1. The number of sulfonamides is 1. The average molecular weight is 589 g/mol. The van der Waals surface area contributed by atoms with Crippen molar-refractivity contribution in [2.75, 3.05) is 24.4 Å². The molecule has 5 rings (SSSR count). The molecule has 0 unspecified atom stereocenters. The Labute approximate surface area is 239 Å². The summed E-state index contributed by atoms with van der Waals surface area (Å²) in [6.07, 6.45) is 5.82. The fourth-order valence-electron chi connectivity index (χ4n) is 5.47. The minimum absolute atomic E-state index is 0.0231. The predicted molar refractivity (Wildman–Crippen MR) is 154 cm³/mol. The normalized spacial score (nSPS) is 19.6. The van der Waals surface area contributed by atoms with Crippen LogP contribution in [0.3, 0.4) is 0 Å². The Morgan fingerprint density at radius 1 is 0.949 bits per heavy atom. The van der Waals surface area contributed by atoms with Gasteiger partial charge in [0.1, 0.15) is 11.5 Å². The van der Waals surface area contributed by atoms with Crippen molar-refractivity contribution in [3.05, 3.63) is 82.3 Å². The van der Waals surface area contributed by atoms with E-state index in [0.29, 0.717) is 40.0 Å². The number of nitrogens with one attached hydrogen (secondary N) is 2. The van der Waals surface area contributed by atoms with Crippen LogP contribution in [0.1, 0.15) is 42.5 Å². The minimum atomic E-state index is -3.99. The maximum Gasteiger partial charge on any atom is 0.261 e. The number of amides is 1. The summed E-state index contributed by atoms with van der Waals surface area (Å²) in [7, 11) is -3.99. The molecule has 2 N–H and O–H groups in total. The minimum Gasteiger partial charge on any atom is -0.456 e. The zero-order chi connectivity index (χ0) is 27.4. The maximum atomic E-state index is 13.2. The lowest BCUT2D eigenvalue weighted by Gasteiger charge is -2.44. The van der Waals surface area contributed by atoms with Crippen molar-refractivity contribution < 1.29 is 17.9 Å². The van der Waals surface area contributed by atoms with Gasteiger partial charge in [-0.15, -0.1) is 0 Å². The number of para-hydroxylation sites is 1. The Bertz CT molecular complexity index is 1430. The Kier molecular flexibility index (Phi) is 8.67. The number of anilines is 1. The second-order valence-electron chi connectivity index (χ2n) is 10.0. The van der Waals surface area contributed by atoms with Crippen LogP contribution in [-0.2, 0) is 10.0 Å². The summed E-state index contributed by atoms with van der Waals surface area (Å²) in [6, 6.07) is 18.0. The van der Waals surface area contributed by atoms with E-state index in [1.807, 2.05) is 0 Å². The average Bonchev–Trinajstić information content (AvgIpc) is 2.94. The summed E-state index contributed by atoms with van der Waals surface area (Å²) in [4.78, 5) is 15.8. The van der Waals surface area contributed by atoms with E-state index in [-0.39, 0.29) is 22.1 Å². The number of piperidine rings is 2. The van der Waals surface area contributed by atoms with Crippen LogP contribution in [0.25, 0.3) is 0 Å². The molecule has 2 fully saturated rings. The van der Waals surface area contributed by atoms with Gasteiger partial charge in [-0.3, -0.25) is 9.52 Å². The molecule has 0 spiro atoms. The van der Waals surface area contributed by atoms with Crippen molar-refractivity contribution in [2.24, 2.45) is 5.92 Å². The van der Waals surface area contributed by atoms with Crippen LogP contribution in [0.15, 0.2) is 71.6 Å². The van der Waals surface area contributed by atoms with E-state index in [1.165, 1.54) is 37.1 Å². The molecule has 2 aliphatic rings. The van der Waals surface area contributed by atoms with E-state index in [4.69, 9.17) is 27.9 Å². The summed E-state index contributed by atoms with van der Waals surface area (Å²) < 4.78 is 34.7. The molecule has 0 radical (unpaired) electrons. The quantitative estimate of drug-likeness (QED) is 0.311. The van der Waals surface area contributed by atoms with Crippen LogP contribution >= 0.6 is 23.2 Å². The Morgan fingerprint density at radius 3 is 2.51 bits per heavy atom. The zero-order valence-corrected chi connectivity index (χ0v) is 23.7. The largest absolute Gasteiger partial charge is 0.456 e. The molecular weight excluding hydrogens is 557 g/mol. The number of rotatable bonds is 8. The molecule has 0 aromatic heterocycles. The van der Waals surface area contributed by atoms with E-state index in [2.05, 4.69) is 14.9 Å². The lowest BCUT2D eigenvalue weighted by atomic mass is 9.83. The fraction of sp³-hybridized carbons (Fsp3) is 0.345. The van der Waals surface area contributed by atoms with E-state index in [1.54, 1.807) is 42.5 Å². The number of carbonyl (C=O) groups excluding carboxylic acids is 1. The molecular formula is C29H31Cl2N3O4S. The van der Waals surface area contributed by atoms with Crippen molar-refractivity contribution >= 4 is 44.8 Å². The van der Waals surface area contributed by atoms with Gasteiger partial charge in [0.2, 0.25) is 0 Å². The smallest absolute Gasteiger partial charge is 0.261 e. The van der Waals surface area contributed by atoms with Crippen molar-refractivity contribution in [1.82, 2.24) is 10.2 Å². The van der Waals surface area contributed by atoms with Crippen LogP contribution in [-0.4, -0.2) is 44.9 Å². The third kappa shape index (κ3) is 6.69. The number of nitrogens with zero attached hydrogens (tertiary/aromatic N) is 1. The summed E-state index contributed by atoms with van der Waals surface area (Å²) >= 11 is 12.3. The topological polar surface area (TPSA) is 87.7 Å². The SMILES string of the molecule is O=C(NC[C@@H]1CCCN2CCCC[C@H]12)c1cc(Cl)ccc1NS(=O)(=O)c1ccc(Oc2ccccc2Cl)cc1. The van der Waals surface area contributed by atoms with Crippen LogP contribution in [0.2, 0.25) is 10.0 Å². The van der Waals surface area contributed by atoms with E-state index in [9.17, 15) is 13.2 Å². The van der Waals surface area contributed by atoms with Crippen LogP contribution < -0.4 is 14.8 Å². The highest BCUT2D eigenvalue weighted by atomic mass is 35.5. The molecule has 206 valence electrons. The van der Waals surface area contributed by atoms with Crippen molar-refractivity contribution in [2.45, 2.75) is 43.0 Å². The summed E-state index contributed by atoms with van der Waals surface area (Å²) in [5.41, 5.74) is 0.345. The molecule has 39 heavy (non-hydrogen) atoms. The van der Waals surface area contributed by atoms with Gasteiger partial charge in [-0.1, -0.05) is 41.8 Å². The highest BCUT2D eigenvalue weighted by Gasteiger charge is 2.33. The van der Waals surface area contributed by atoms with Gasteiger partial charge in [-0.25, -0.2) is 8.42 Å². The summed E-state index contributed by atoms with van der Waals surface area (Å²) in [5, 5.41) is 3.84. The molecule has 0 bridgehead atoms. The van der Waals surface area contributed by atoms with Crippen molar-refractivity contribution in [1.29, 1.82) is 0 Å². The van der Waals surface area contributed by atoms with Crippen LogP contribution in [0.5, 0.6) is 11.5 Å². The number of benzene rings is 3. The van der Waals surface area contributed by atoms with E-state index >= 15 is 0 Å². The first-order valence-corrected chi connectivity index (χ1v) is 15.4. The molecule has 1 amide bonds. The molecule has 2 atom stereocenters. The van der Waals surface area contributed by atoms with Gasteiger partial charge >= 0.3 is 0 Å². The molecule has 2 heterocycles. The highest BCUT2D eigenvalue weighted by molar-refractivity contribution is 7.92. The third-order valence-electron chi connectivity index (χ3n) is 7.42. The first-order chi connectivity index (χ1) is 18.8. The number of carbonyl (C=O) groups is 1. The maximum absolute atomic E-state index is 13.2. The lowest BCUT2D eigenvalue weighted by Crippen LogP contribution is -2.51. The molecule has 2 aliphatic heterocycles. The molecule has 7 nitrogen and oxygen atoms in total. The second-order valence-corrected chi connectivity index (χ2v) is 12.5. The van der Waals surface area contributed by atoms with Gasteiger partial charge in [-0.05, 0) is 99.3 Å². The molecule has 0 aliphatic carbocycles. The van der Waals surface area contributed by atoms with E-state index < -0.39 is 10.0 Å². The molecule has 3 aromatic carbocycles. The molecule has 0 saturated carbocycles. The summed E-state index contributed by atoms with van der Waals surface area (Å²) in [6.45, 7) is 2.80. The lowest BCUT2D eigenvalue weighted by molar-refractivity contribution is 0.0576. The third-order valence-corrected chi connectivity index (χ3v) is 9.35. The first kappa shape index (κ1) is 27.8.